The van der Waals surface area contributed by atoms with Crippen LogP contribution in [0.4, 0.5) is 10.1 Å². The highest BCUT2D eigenvalue weighted by molar-refractivity contribution is 5.78. The van der Waals surface area contributed by atoms with Gasteiger partial charge in [0.05, 0.1) is 11.4 Å². The van der Waals surface area contributed by atoms with Crippen LogP contribution in [0.3, 0.4) is 0 Å². The number of carbonyl (C=O) groups is 1. The summed E-state index contributed by atoms with van der Waals surface area (Å²) in [5.41, 5.74) is 2.13. The molecule has 0 aliphatic carbocycles. The van der Waals surface area contributed by atoms with Crippen LogP contribution in [0.5, 0.6) is 5.75 Å². The van der Waals surface area contributed by atoms with Gasteiger partial charge in [0, 0.05) is 25.2 Å². The molecule has 1 aromatic heterocycles. The fraction of sp³-hybridized carbons (Fsp3) is 0.368. The normalized spacial score (nSPS) is 15.0. The third kappa shape index (κ3) is 4.26. The molecular formula is C19H22FN3O2. The number of nitrogens with one attached hydrogen (secondary N) is 1. The molecule has 1 fully saturated rings. The Bertz CT molecular complexity index is 730. The number of rotatable bonds is 5. The monoisotopic (exact) mass is 343 g/mol. The second-order valence-corrected chi connectivity index (χ2v) is 6.13. The van der Waals surface area contributed by atoms with Gasteiger partial charge in [0.1, 0.15) is 0 Å². The highest BCUT2D eigenvalue weighted by atomic mass is 19.1. The van der Waals surface area contributed by atoms with Crippen LogP contribution in [0.15, 0.2) is 42.6 Å². The minimum atomic E-state index is -0.433. The lowest BCUT2D eigenvalue weighted by Gasteiger charge is -2.33. The minimum Gasteiger partial charge on any atom is -0.470 e. The highest BCUT2D eigenvalue weighted by Crippen LogP contribution is 2.25. The van der Waals surface area contributed by atoms with E-state index in [1.54, 1.807) is 18.3 Å². The number of aromatic nitrogens is 1. The van der Waals surface area contributed by atoms with Crippen LogP contribution in [0.1, 0.15) is 18.5 Å². The van der Waals surface area contributed by atoms with E-state index >= 15 is 0 Å². The van der Waals surface area contributed by atoms with Gasteiger partial charge >= 0.3 is 0 Å². The van der Waals surface area contributed by atoms with E-state index in [1.165, 1.54) is 12.1 Å². The molecule has 0 radical (unpaired) electrons. The number of anilines is 1. The summed E-state index contributed by atoms with van der Waals surface area (Å²) in [5, 5.41) is 2.74. The molecule has 1 N–H and O–H groups in total. The standard InChI is InChI=1S/C19H22FN3O2/c1-14-17(6-4-10-21-14)23-11-8-15(9-12-23)19(24)22-13-25-18-7-3-2-5-16(18)20/h2-7,10,15H,8-9,11-13H2,1H3,(H,22,24). The van der Waals surface area contributed by atoms with Gasteiger partial charge in [0.25, 0.3) is 0 Å². The molecule has 1 aliphatic heterocycles. The van der Waals surface area contributed by atoms with E-state index in [0.717, 1.165) is 37.3 Å². The number of piperidine rings is 1. The van der Waals surface area contributed by atoms with E-state index in [4.69, 9.17) is 4.74 Å². The molecular weight excluding hydrogens is 321 g/mol. The first-order valence-electron chi connectivity index (χ1n) is 8.47. The van der Waals surface area contributed by atoms with Gasteiger partial charge in [0.2, 0.25) is 5.91 Å². The SMILES string of the molecule is Cc1ncccc1N1CCC(C(=O)NCOc2ccccc2F)CC1. The van der Waals surface area contributed by atoms with E-state index in [-0.39, 0.29) is 24.3 Å². The van der Waals surface area contributed by atoms with Crippen molar-refractivity contribution in [2.24, 2.45) is 5.92 Å². The lowest BCUT2D eigenvalue weighted by atomic mass is 9.95. The summed E-state index contributed by atoms with van der Waals surface area (Å²) in [7, 11) is 0. The summed E-state index contributed by atoms with van der Waals surface area (Å²) in [6.45, 7) is 3.60. The Morgan fingerprint density at radius 1 is 1.28 bits per heavy atom. The number of benzene rings is 1. The van der Waals surface area contributed by atoms with Crippen molar-refractivity contribution in [3.8, 4) is 5.75 Å². The number of carbonyl (C=O) groups excluding carboxylic acids is 1. The van der Waals surface area contributed by atoms with Crippen molar-refractivity contribution in [1.82, 2.24) is 10.3 Å². The number of nitrogens with zero attached hydrogens (tertiary/aromatic N) is 2. The first kappa shape index (κ1) is 17.2. The summed E-state index contributed by atoms with van der Waals surface area (Å²) < 4.78 is 18.7. The topological polar surface area (TPSA) is 54.5 Å². The van der Waals surface area contributed by atoms with Gasteiger partial charge in [-0.15, -0.1) is 0 Å². The molecule has 0 atom stereocenters. The number of aryl methyl sites for hydroxylation is 1. The summed E-state index contributed by atoms with van der Waals surface area (Å²) in [6.07, 6.45) is 3.34. The molecule has 25 heavy (non-hydrogen) atoms. The van der Waals surface area contributed by atoms with Crippen molar-refractivity contribution in [2.45, 2.75) is 19.8 Å². The Morgan fingerprint density at radius 2 is 2.04 bits per heavy atom. The maximum absolute atomic E-state index is 13.5. The zero-order chi connectivity index (χ0) is 17.6. The first-order chi connectivity index (χ1) is 12.1. The number of halogens is 1. The Labute approximate surface area is 146 Å². The maximum Gasteiger partial charge on any atom is 0.225 e. The van der Waals surface area contributed by atoms with Crippen LogP contribution in [0, 0.1) is 18.7 Å². The van der Waals surface area contributed by atoms with Crippen molar-refractivity contribution in [3.05, 3.63) is 54.1 Å². The first-order valence-corrected chi connectivity index (χ1v) is 8.47. The predicted octanol–water partition coefficient (Wildman–Crippen LogP) is 2.90. The van der Waals surface area contributed by atoms with Crippen LogP contribution >= 0.6 is 0 Å². The van der Waals surface area contributed by atoms with Crippen molar-refractivity contribution < 1.29 is 13.9 Å². The molecule has 1 aliphatic rings. The quantitative estimate of drug-likeness (QED) is 0.848. The van der Waals surface area contributed by atoms with Crippen molar-refractivity contribution in [1.29, 1.82) is 0 Å². The van der Waals surface area contributed by atoms with Crippen LogP contribution in [0.25, 0.3) is 0 Å². The molecule has 6 heteroatoms. The lowest BCUT2D eigenvalue weighted by molar-refractivity contribution is -0.126. The summed E-state index contributed by atoms with van der Waals surface area (Å²) in [5.74, 6) is -0.377. The average Bonchev–Trinajstić information content (AvgIpc) is 2.64. The zero-order valence-electron chi connectivity index (χ0n) is 14.2. The van der Waals surface area contributed by atoms with E-state index < -0.39 is 5.82 Å². The molecule has 1 saturated heterocycles. The Hall–Kier alpha value is -2.63. The fourth-order valence-corrected chi connectivity index (χ4v) is 3.08. The number of hydrogen-bond donors (Lipinski definition) is 1. The highest BCUT2D eigenvalue weighted by Gasteiger charge is 2.25. The van der Waals surface area contributed by atoms with Gasteiger partial charge in [-0.3, -0.25) is 9.78 Å². The molecule has 0 bridgehead atoms. The third-order valence-electron chi connectivity index (χ3n) is 4.50. The summed E-state index contributed by atoms with van der Waals surface area (Å²) >= 11 is 0. The van der Waals surface area contributed by atoms with Gasteiger partial charge in [-0.25, -0.2) is 4.39 Å². The predicted molar refractivity (Wildman–Crippen MR) is 93.9 cm³/mol. The molecule has 132 valence electrons. The van der Waals surface area contributed by atoms with E-state index in [1.807, 2.05) is 13.0 Å². The summed E-state index contributed by atoms with van der Waals surface area (Å²) in [6, 6.07) is 10.1. The second-order valence-electron chi connectivity index (χ2n) is 6.13. The van der Waals surface area contributed by atoms with E-state index in [9.17, 15) is 9.18 Å². The molecule has 3 rings (SSSR count). The molecule has 0 unspecified atom stereocenters. The Balaban J connectivity index is 1.46. The summed E-state index contributed by atoms with van der Waals surface area (Å²) in [4.78, 5) is 18.9. The lowest BCUT2D eigenvalue weighted by Crippen LogP contribution is -2.41. The molecule has 0 spiro atoms. The Morgan fingerprint density at radius 3 is 2.76 bits per heavy atom. The third-order valence-corrected chi connectivity index (χ3v) is 4.50. The fourth-order valence-electron chi connectivity index (χ4n) is 3.08. The largest absolute Gasteiger partial charge is 0.470 e. The molecule has 2 heterocycles. The zero-order valence-corrected chi connectivity index (χ0v) is 14.2. The van der Waals surface area contributed by atoms with Crippen LogP contribution in [-0.4, -0.2) is 30.7 Å². The van der Waals surface area contributed by atoms with Gasteiger partial charge in [-0.1, -0.05) is 12.1 Å². The molecule has 1 amide bonds. The van der Waals surface area contributed by atoms with Crippen LogP contribution < -0.4 is 15.0 Å². The number of amides is 1. The van der Waals surface area contributed by atoms with Crippen molar-refractivity contribution >= 4 is 11.6 Å². The van der Waals surface area contributed by atoms with Crippen molar-refractivity contribution in [3.63, 3.8) is 0 Å². The smallest absolute Gasteiger partial charge is 0.225 e. The molecule has 5 nitrogen and oxygen atoms in total. The van der Waals surface area contributed by atoms with E-state index in [2.05, 4.69) is 21.3 Å². The number of ether oxygens (including phenoxy) is 1. The van der Waals surface area contributed by atoms with Gasteiger partial charge in [0.15, 0.2) is 18.3 Å². The van der Waals surface area contributed by atoms with Gasteiger partial charge in [-0.2, -0.15) is 0 Å². The van der Waals surface area contributed by atoms with E-state index in [0.29, 0.717) is 0 Å². The maximum atomic E-state index is 13.5. The Kier molecular flexibility index (Phi) is 5.48. The van der Waals surface area contributed by atoms with Crippen LogP contribution in [-0.2, 0) is 4.79 Å². The minimum absolute atomic E-state index is 0.0261. The molecule has 0 saturated carbocycles. The van der Waals surface area contributed by atoms with Gasteiger partial charge < -0.3 is 15.0 Å². The van der Waals surface area contributed by atoms with Gasteiger partial charge in [-0.05, 0) is 44.0 Å². The van der Waals surface area contributed by atoms with Crippen molar-refractivity contribution in [2.75, 3.05) is 24.7 Å². The molecule has 1 aromatic carbocycles. The molecule has 2 aromatic rings. The van der Waals surface area contributed by atoms with Crippen LogP contribution in [0.2, 0.25) is 0 Å². The average molecular weight is 343 g/mol. The number of hydrogen-bond acceptors (Lipinski definition) is 4. The number of pyridine rings is 1. The number of para-hydroxylation sites is 1. The second kappa shape index (κ2) is 7.96.